The molecule has 670 valence electrons. The number of ether oxygens (including phenoxy) is 12. The van der Waals surface area contributed by atoms with Gasteiger partial charge in [0.05, 0.1) is 50.5 Å². The van der Waals surface area contributed by atoms with E-state index in [4.69, 9.17) is 28.4 Å². The van der Waals surface area contributed by atoms with Crippen LogP contribution in [0.4, 0.5) is 164 Å². The minimum Gasteiger partial charge on any atom is -0.479 e. The lowest BCUT2D eigenvalue weighted by Crippen LogP contribution is -2.25. The Labute approximate surface area is 652 Å². The first kappa shape index (κ1) is 92.8. The number of aromatic nitrogens is 8. The Morgan fingerprint density at radius 2 is 0.463 bits per heavy atom. The molecule has 23 nitrogen and oxygen atoms in total. The molecule has 3 aromatic heterocycles. The smallest absolute Gasteiger partial charge is 0.422 e. The molecule has 0 N–H and O–H groups in total. The van der Waals surface area contributed by atoms with Crippen molar-refractivity contribution in [2.45, 2.75) is 74.1 Å². The van der Waals surface area contributed by atoms with Crippen LogP contribution < -0.4 is 66.8 Å². The zero-order valence-electron chi connectivity index (χ0n) is 58.4. The molecule has 0 aliphatic carbocycles. The van der Waals surface area contributed by atoms with Crippen molar-refractivity contribution in [3.63, 3.8) is 0 Å². The molecule has 0 fully saturated rings. The van der Waals surface area contributed by atoms with Gasteiger partial charge in [-0.3, -0.25) is 10.1 Å². The summed E-state index contributed by atoms with van der Waals surface area (Å²) in [5, 5.41) is 5.07. The highest BCUT2D eigenvalue weighted by Gasteiger charge is 2.47. The molecule has 123 heavy (non-hydrogen) atoms. The van der Waals surface area contributed by atoms with E-state index in [0.29, 0.717) is 12.1 Å². The molecule has 0 saturated heterocycles. The molecule has 0 radical (unpaired) electrons. The number of benzene rings is 5. The maximum atomic E-state index is 14.8. The third kappa shape index (κ3) is 24.4. The number of alkyl halides is 36. The highest BCUT2D eigenvalue weighted by molar-refractivity contribution is 6.15. The zero-order valence-corrected chi connectivity index (χ0v) is 58.4. The summed E-state index contributed by atoms with van der Waals surface area (Å²) in [6, 6.07) is 5.89. The van der Waals surface area contributed by atoms with Gasteiger partial charge < -0.3 is 86.7 Å². The normalized spacial score (nSPS) is 13.3. The topological polar surface area (TPSA) is 259 Å². The molecule has 59 heteroatoms. The van der Waals surface area contributed by atoms with E-state index in [0.717, 1.165) is 30.3 Å². The monoisotopic (exact) mass is 1830 g/mol. The Balaban J connectivity index is 1.62. The van der Waals surface area contributed by atoms with Crippen LogP contribution in [0.5, 0.6) is 69.0 Å². The summed E-state index contributed by atoms with van der Waals surface area (Å²) in [4.78, 5) is 41.0. The molecule has 0 unspecified atom stereocenters. The standard InChI is InChI=1S/C64H31F36N9O14/c65-53(66,67)10-112-33-27-29(35(114-12-55(71,72)73)41(120-18-61(89,90)91)39(33)118-16-59(83,84)85)49-104-47(27)102-45-25-8-5-23(2-1-22-3-6-24(7-4-22)109(110)111)9-26(25)46(101-45)103-48-28-30(36(115-13-56(74,75)76)42(121-19-62(92,93)94)40(119-17-60(86,87)88)34(28)113-11-54(68,69)70)50(105-48)107-52-32-31(51(106-49)108-52)37(116-14-57(77,78)79)43(122-20-63(95,96)97)44(123-21-64(98,99)100)38(32)117-15-58(80,81)82/h3-9H,10-21H2/q-2. The summed E-state index contributed by atoms with van der Waals surface area (Å²) in [6.07, 6.45) is -72.3. The van der Waals surface area contributed by atoms with Gasteiger partial charge in [-0.1, -0.05) is 17.9 Å². The van der Waals surface area contributed by atoms with Crippen LogP contribution in [-0.2, 0) is 0 Å². The lowest BCUT2D eigenvalue weighted by Gasteiger charge is -2.25. The Morgan fingerprint density at radius 3 is 0.715 bits per heavy atom. The number of fused-ring (bicyclic) bond motifs is 20. The van der Waals surface area contributed by atoms with Crippen LogP contribution in [0.3, 0.4) is 0 Å². The summed E-state index contributed by atoms with van der Waals surface area (Å²) in [5.41, 5.74) is -16.9. The third-order valence-corrected chi connectivity index (χ3v) is 14.5. The van der Waals surface area contributed by atoms with Crippen molar-refractivity contribution in [1.82, 2.24) is 39.9 Å². The van der Waals surface area contributed by atoms with Gasteiger partial charge >= 0.3 is 74.1 Å². The van der Waals surface area contributed by atoms with Crippen molar-refractivity contribution in [2.75, 3.05) is 79.3 Å². The Bertz CT molecular complexity index is 5560. The second-order valence-corrected chi connectivity index (χ2v) is 24.3. The van der Waals surface area contributed by atoms with E-state index in [1.165, 1.54) is 0 Å². The van der Waals surface area contributed by atoms with Crippen LogP contribution in [-0.4, -0.2) is 188 Å². The average molecular weight is 1830 g/mol. The maximum Gasteiger partial charge on any atom is 0.422 e. The number of hydrogen-bond donors (Lipinski definition) is 0. The maximum absolute atomic E-state index is 14.8. The number of non-ortho nitro benzene ring substituents is 1. The van der Waals surface area contributed by atoms with Crippen molar-refractivity contribution >= 4 is 49.8 Å². The summed E-state index contributed by atoms with van der Waals surface area (Å²) in [7, 11) is 0. The molecule has 0 spiro atoms. The summed E-state index contributed by atoms with van der Waals surface area (Å²) >= 11 is 0. The quantitative estimate of drug-likeness (QED) is 0.0223. The van der Waals surface area contributed by atoms with E-state index in [-0.39, 0.29) is 5.56 Å². The number of halogens is 36. The Hall–Kier alpha value is -12.5. The number of nitro benzene ring substituents is 1. The van der Waals surface area contributed by atoms with E-state index >= 15 is 0 Å². The van der Waals surface area contributed by atoms with Crippen molar-refractivity contribution in [1.29, 1.82) is 0 Å². The second-order valence-electron chi connectivity index (χ2n) is 24.3. The van der Waals surface area contributed by atoms with Crippen LogP contribution in [0.1, 0.15) is 11.1 Å². The van der Waals surface area contributed by atoms with Crippen molar-refractivity contribution in [3.05, 3.63) is 63.7 Å². The van der Waals surface area contributed by atoms with E-state index in [2.05, 4.69) is 80.1 Å². The highest BCUT2D eigenvalue weighted by atomic mass is 19.5. The molecule has 10 rings (SSSR count). The molecule has 2 aliphatic rings. The van der Waals surface area contributed by atoms with Crippen LogP contribution >= 0.6 is 0 Å². The molecule has 5 heterocycles. The first-order valence-corrected chi connectivity index (χ1v) is 31.9. The summed E-state index contributed by atoms with van der Waals surface area (Å²) < 4.78 is 581. The number of hydrogen-bond acceptors (Lipinski definition) is 20. The Morgan fingerprint density at radius 1 is 0.260 bits per heavy atom. The van der Waals surface area contributed by atoms with Crippen LogP contribution in [0.2, 0.25) is 0 Å². The van der Waals surface area contributed by atoms with Gasteiger partial charge in [-0.05, 0) is 35.0 Å². The molecule has 8 aromatic rings. The van der Waals surface area contributed by atoms with Gasteiger partial charge in [0.25, 0.3) is 5.69 Å². The van der Waals surface area contributed by atoms with Crippen LogP contribution in [0.15, 0.2) is 42.5 Å². The molecule has 5 aromatic carbocycles. The summed E-state index contributed by atoms with van der Waals surface area (Å²) in [5.74, 6) is -32.9. The number of nitrogens with zero attached hydrogens (tertiary/aromatic N) is 9. The van der Waals surface area contributed by atoms with Gasteiger partial charge in [0.15, 0.2) is 114 Å². The van der Waals surface area contributed by atoms with Gasteiger partial charge in [0.1, 0.15) is 0 Å². The van der Waals surface area contributed by atoms with Crippen LogP contribution in [0, 0.1) is 22.0 Å². The lowest BCUT2D eigenvalue weighted by molar-refractivity contribution is -0.384. The van der Waals surface area contributed by atoms with E-state index in [1.54, 1.807) is 0 Å². The lowest BCUT2D eigenvalue weighted by atomic mass is 10.0. The van der Waals surface area contributed by atoms with Crippen LogP contribution in [0.25, 0.3) is 89.7 Å². The SMILES string of the molecule is O=[N+]([O-])c1ccc(C#Cc2ccc3c4nc5nc(nc6[n-]c(nc7nc(nc([n-]4)c3c2)-c2c(OCC(F)(F)F)c(OCC(F)(F)F)c(OCC(F)(F)F)c(OCC(F)(F)F)c2-7)c2c(OCC(F)(F)F)c(OCC(F)(F)F)c(OCC(F)(F)F)c(OCC(F)(F)F)c62)-c2c(OCC(F)(F)F)c(OCC(F)(F)F)c(OCC(F)(F)F)c(OCC(F)(F)F)c2-5)cc1. The fourth-order valence-electron chi connectivity index (χ4n) is 10.4. The predicted molar refractivity (Wildman–Crippen MR) is 332 cm³/mol. The minimum absolute atomic E-state index is 0.161. The van der Waals surface area contributed by atoms with Crippen molar-refractivity contribution in [2.24, 2.45) is 0 Å². The van der Waals surface area contributed by atoms with E-state index < -0.39 is 328 Å². The van der Waals surface area contributed by atoms with E-state index in [1.807, 2.05) is 0 Å². The molecule has 2 aliphatic heterocycles. The Kier molecular flexibility index (Phi) is 25.2. The van der Waals surface area contributed by atoms with E-state index in [9.17, 15) is 168 Å². The first-order valence-electron chi connectivity index (χ1n) is 31.9. The number of rotatable bonds is 25. The van der Waals surface area contributed by atoms with Gasteiger partial charge in [0.2, 0.25) is 34.5 Å². The first-order chi connectivity index (χ1) is 56.2. The summed E-state index contributed by atoms with van der Waals surface area (Å²) in [6.45, 7) is -37.4. The minimum atomic E-state index is -6.12. The largest absolute Gasteiger partial charge is 0.479 e. The fraction of sp³-hybridized carbons (Fsp3) is 0.375. The fourth-order valence-corrected chi connectivity index (χ4v) is 10.4. The van der Waals surface area contributed by atoms with Gasteiger partial charge in [-0.25, -0.2) is 9.97 Å². The highest BCUT2D eigenvalue weighted by Crippen LogP contribution is 2.62. The number of nitro groups is 1. The van der Waals surface area contributed by atoms with Crippen molar-refractivity contribution < 1.29 is 220 Å². The average Bonchev–Trinajstić information content (AvgIpc) is 1.56. The third-order valence-electron chi connectivity index (χ3n) is 14.5. The predicted octanol–water partition coefficient (Wildman–Crippen LogP) is 18.7. The molecular weight excluding hydrogens is 1800 g/mol. The van der Waals surface area contributed by atoms with Gasteiger partial charge in [0, 0.05) is 56.6 Å². The molecule has 0 saturated carbocycles. The van der Waals surface area contributed by atoms with Crippen molar-refractivity contribution in [3.8, 4) is 126 Å². The molecular formula is C64H31F36N9O14-2. The second kappa shape index (κ2) is 33.4. The molecule has 8 bridgehead atoms. The molecule has 0 amide bonds. The van der Waals surface area contributed by atoms with Gasteiger partial charge in [-0.15, -0.1) is 0 Å². The van der Waals surface area contributed by atoms with Gasteiger partial charge in [-0.2, -0.15) is 158 Å². The molecule has 0 atom stereocenters. The zero-order chi connectivity index (χ0) is 91.5.